The van der Waals surface area contributed by atoms with E-state index < -0.39 is 6.10 Å². The summed E-state index contributed by atoms with van der Waals surface area (Å²) < 4.78 is 7.47. The standard InChI is InChI=1S/C10H18BrN3O2/c1-10(2,3)8(16-5)7(15)6-9(11)12-13-14(6)4/h7-8,15H,1-5H3. The van der Waals surface area contributed by atoms with Gasteiger partial charge in [0, 0.05) is 14.2 Å². The average Bonchev–Trinajstić information content (AvgIpc) is 2.44. The zero-order valence-corrected chi connectivity index (χ0v) is 11.8. The van der Waals surface area contributed by atoms with Gasteiger partial charge in [-0.15, -0.1) is 5.10 Å². The van der Waals surface area contributed by atoms with Gasteiger partial charge >= 0.3 is 0 Å². The van der Waals surface area contributed by atoms with Crippen LogP contribution < -0.4 is 0 Å². The highest BCUT2D eigenvalue weighted by Gasteiger charge is 2.35. The topological polar surface area (TPSA) is 60.2 Å². The molecule has 2 atom stereocenters. The number of ether oxygens (including phenoxy) is 1. The van der Waals surface area contributed by atoms with Crippen molar-refractivity contribution >= 4 is 15.9 Å². The molecule has 2 unspecified atom stereocenters. The third kappa shape index (κ3) is 2.61. The van der Waals surface area contributed by atoms with Gasteiger partial charge in [0.1, 0.15) is 11.8 Å². The van der Waals surface area contributed by atoms with E-state index in [0.29, 0.717) is 10.3 Å². The van der Waals surface area contributed by atoms with E-state index in [1.807, 2.05) is 20.8 Å². The lowest BCUT2D eigenvalue weighted by atomic mass is 9.85. The smallest absolute Gasteiger partial charge is 0.154 e. The molecule has 0 bridgehead atoms. The van der Waals surface area contributed by atoms with Gasteiger partial charge in [-0.05, 0) is 21.3 Å². The predicted octanol–water partition coefficient (Wildman–Crippen LogP) is 1.67. The second-order valence-electron chi connectivity index (χ2n) is 4.86. The number of aliphatic hydroxyl groups excluding tert-OH is 1. The van der Waals surface area contributed by atoms with Crippen molar-refractivity contribution in [2.75, 3.05) is 7.11 Å². The van der Waals surface area contributed by atoms with Crippen LogP contribution in [0, 0.1) is 5.41 Å². The molecule has 1 N–H and O–H groups in total. The monoisotopic (exact) mass is 291 g/mol. The molecule has 5 nitrogen and oxygen atoms in total. The Labute approximate surface area is 104 Å². The number of aliphatic hydroxyl groups is 1. The van der Waals surface area contributed by atoms with Crippen LogP contribution in [-0.4, -0.2) is 33.3 Å². The van der Waals surface area contributed by atoms with Crippen LogP contribution in [0.5, 0.6) is 0 Å². The summed E-state index contributed by atoms with van der Waals surface area (Å²) in [7, 11) is 3.34. The predicted molar refractivity (Wildman–Crippen MR) is 63.9 cm³/mol. The van der Waals surface area contributed by atoms with Crippen molar-refractivity contribution in [3.8, 4) is 0 Å². The van der Waals surface area contributed by atoms with E-state index in [0.717, 1.165) is 0 Å². The highest BCUT2D eigenvalue weighted by molar-refractivity contribution is 9.10. The van der Waals surface area contributed by atoms with Crippen LogP contribution in [-0.2, 0) is 11.8 Å². The minimum atomic E-state index is -0.764. The van der Waals surface area contributed by atoms with E-state index in [1.165, 1.54) is 0 Å². The van der Waals surface area contributed by atoms with Gasteiger partial charge in [-0.1, -0.05) is 26.0 Å². The van der Waals surface area contributed by atoms with Crippen molar-refractivity contribution in [2.45, 2.75) is 33.0 Å². The molecule has 92 valence electrons. The quantitative estimate of drug-likeness (QED) is 0.920. The van der Waals surface area contributed by atoms with Crippen molar-refractivity contribution in [2.24, 2.45) is 12.5 Å². The van der Waals surface area contributed by atoms with Crippen LogP contribution in [0.1, 0.15) is 32.6 Å². The highest BCUT2D eigenvalue weighted by Crippen LogP contribution is 2.34. The summed E-state index contributed by atoms with van der Waals surface area (Å²) in [5.41, 5.74) is 0.458. The molecule has 1 heterocycles. The second kappa shape index (κ2) is 4.81. The zero-order valence-electron chi connectivity index (χ0n) is 10.2. The molecule has 0 saturated carbocycles. The Hall–Kier alpha value is -0.460. The van der Waals surface area contributed by atoms with E-state index in [1.54, 1.807) is 18.8 Å². The van der Waals surface area contributed by atoms with Gasteiger partial charge in [-0.2, -0.15) is 0 Å². The fraction of sp³-hybridized carbons (Fsp3) is 0.800. The zero-order chi connectivity index (χ0) is 12.5. The average molecular weight is 292 g/mol. The minimum absolute atomic E-state index is 0.169. The lowest BCUT2D eigenvalue weighted by Crippen LogP contribution is -2.35. The molecule has 0 amide bonds. The first kappa shape index (κ1) is 13.6. The number of aryl methyl sites for hydroxylation is 1. The largest absolute Gasteiger partial charge is 0.384 e. The normalized spacial score (nSPS) is 16.2. The maximum atomic E-state index is 10.3. The van der Waals surface area contributed by atoms with Gasteiger partial charge in [0.25, 0.3) is 0 Å². The van der Waals surface area contributed by atoms with Gasteiger partial charge < -0.3 is 9.84 Å². The summed E-state index contributed by atoms with van der Waals surface area (Å²) in [6, 6.07) is 0. The van der Waals surface area contributed by atoms with E-state index in [4.69, 9.17) is 4.74 Å². The molecule has 1 aromatic heterocycles. The molecule has 0 aromatic carbocycles. The van der Waals surface area contributed by atoms with Crippen molar-refractivity contribution in [1.29, 1.82) is 0 Å². The van der Waals surface area contributed by atoms with Crippen molar-refractivity contribution < 1.29 is 9.84 Å². The Kier molecular flexibility index (Phi) is 4.09. The molecule has 6 heteroatoms. The molecule has 0 aliphatic heterocycles. The molecule has 0 radical (unpaired) electrons. The maximum Gasteiger partial charge on any atom is 0.154 e. The number of rotatable bonds is 3. The molecule has 1 aromatic rings. The SMILES string of the molecule is COC(C(O)c1c(Br)nnn1C)C(C)(C)C. The Morgan fingerprint density at radius 1 is 1.44 bits per heavy atom. The van der Waals surface area contributed by atoms with Gasteiger partial charge in [0.15, 0.2) is 4.60 Å². The van der Waals surface area contributed by atoms with Crippen molar-refractivity contribution in [1.82, 2.24) is 15.0 Å². The highest BCUT2D eigenvalue weighted by atomic mass is 79.9. The summed E-state index contributed by atoms with van der Waals surface area (Å²) in [5.74, 6) is 0. The van der Waals surface area contributed by atoms with Crippen LogP contribution >= 0.6 is 15.9 Å². The number of halogens is 1. The fourth-order valence-corrected chi connectivity index (χ4v) is 2.31. The third-order valence-corrected chi connectivity index (χ3v) is 3.07. The molecule has 0 fully saturated rings. The maximum absolute atomic E-state index is 10.3. The van der Waals surface area contributed by atoms with Gasteiger partial charge in [-0.25, -0.2) is 4.68 Å². The number of methoxy groups -OCH3 is 1. The number of hydrogen-bond donors (Lipinski definition) is 1. The van der Waals surface area contributed by atoms with Crippen LogP contribution in [0.25, 0.3) is 0 Å². The number of nitrogens with zero attached hydrogens (tertiary/aromatic N) is 3. The number of hydrogen-bond acceptors (Lipinski definition) is 4. The Morgan fingerprint density at radius 3 is 2.31 bits per heavy atom. The summed E-state index contributed by atoms with van der Waals surface area (Å²) >= 11 is 3.27. The van der Waals surface area contributed by atoms with E-state index in [9.17, 15) is 5.11 Å². The first-order chi connectivity index (χ1) is 7.29. The van der Waals surface area contributed by atoms with Gasteiger partial charge in [0.2, 0.25) is 0 Å². The van der Waals surface area contributed by atoms with Crippen molar-refractivity contribution in [3.05, 3.63) is 10.3 Å². The molecule has 0 saturated heterocycles. The summed E-state index contributed by atoms with van der Waals surface area (Å²) in [5, 5.41) is 18.0. The van der Waals surface area contributed by atoms with Crippen LogP contribution in [0.15, 0.2) is 4.60 Å². The fourth-order valence-electron chi connectivity index (χ4n) is 1.75. The van der Waals surface area contributed by atoms with E-state index in [2.05, 4.69) is 26.2 Å². The minimum Gasteiger partial charge on any atom is -0.384 e. The molecule has 0 aliphatic rings. The van der Waals surface area contributed by atoms with Crippen molar-refractivity contribution in [3.63, 3.8) is 0 Å². The second-order valence-corrected chi connectivity index (χ2v) is 5.61. The van der Waals surface area contributed by atoms with Gasteiger partial charge in [-0.3, -0.25) is 0 Å². The number of aromatic nitrogens is 3. The molecular weight excluding hydrogens is 274 g/mol. The summed E-state index contributed by atoms with van der Waals surface area (Å²) in [6.45, 7) is 6.05. The summed E-state index contributed by atoms with van der Waals surface area (Å²) in [6.07, 6.45) is -1.08. The third-order valence-electron chi connectivity index (χ3n) is 2.50. The lowest BCUT2D eigenvalue weighted by molar-refractivity contribution is -0.0755. The molecule has 1 rings (SSSR count). The van der Waals surface area contributed by atoms with E-state index in [-0.39, 0.29) is 11.5 Å². The Morgan fingerprint density at radius 2 is 2.00 bits per heavy atom. The Bertz CT molecular complexity index is 340. The molecular formula is C10H18BrN3O2. The summed E-state index contributed by atoms with van der Waals surface area (Å²) in [4.78, 5) is 0. The lowest BCUT2D eigenvalue weighted by Gasteiger charge is -2.33. The van der Waals surface area contributed by atoms with E-state index >= 15 is 0 Å². The first-order valence-electron chi connectivity index (χ1n) is 5.05. The van der Waals surface area contributed by atoms with Crippen LogP contribution in [0.2, 0.25) is 0 Å². The Balaban J connectivity index is 3.05. The van der Waals surface area contributed by atoms with Crippen LogP contribution in [0.3, 0.4) is 0 Å². The first-order valence-corrected chi connectivity index (χ1v) is 5.84. The van der Waals surface area contributed by atoms with Crippen LogP contribution in [0.4, 0.5) is 0 Å². The molecule has 16 heavy (non-hydrogen) atoms. The molecule has 0 aliphatic carbocycles. The molecule has 0 spiro atoms. The van der Waals surface area contributed by atoms with Gasteiger partial charge in [0.05, 0.1) is 6.10 Å².